The van der Waals surface area contributed by atoms with Crippen molar-refractivity contribution in [2.24, 2.45) is 0 Å². The van der Waals surface area contributed by atoms with Gasteiger partial charge in [0.15, 0.2) is 19.7 Å². The van der Waals surface area contributed by atoms with Crippen LogP contribution >= 0.6 is 10.5 Å². The van der Waals surface area contributed by atoms with Crippen LogP contribution in [0.15, 0.2) is 24.3 Å². The van der Waals surface area contributed by atoms with Crippen LogP contribution in [0.4, 0.5) is 35.1 Å². The summed E-state index contributed by atoms with van der Waals surface area (Å²) in [5.74, 6) is -0.608. The Hall–Kier alpha value is -1.73. The molecule has 1 aliphatic rings. The first-order valence-electron chi connectivity index (χ1n) is 6.81. The van der Waals surface area contributed by atoms with Crippen LogP contribution in [0, 0.1) is 5.82 Å². The van der Waals surface area contributed by atoms with Gasteiger partial charge >= 0.3 is 11.0 Å². The molecule has 0 bridgehead atoms. The van der Waals surface area contributed by atoms with E-state index in [0.29, 0.717) is 0 Å². The van der Waals surface area contributed by atoms with E-state index in [1.54, 1.807) is 0 Å². The molecule has 3 rings (SSSR count). The Morgan fingerprint density at radius 1 is 1.11 bits per heavy atom. The number of thiophene rings is 1. The van der Waals surface area contributed by atoms with Crippen molar-refractivity contribution < 1.29 is 48.1 Å². The fraction of sp³-hybridized carbons (Fsp3) is 0.286. The summed E-state index contributed by atoms with van der Waals surface area (Å²) in [5.41, 5.74) is -9.80. The summed E-state index contributed by atoms with van der Waals surface area (Å²) in [4.78, 5) is 0.0713. The summed E-state index contributed by atoms with van der Waals surface area (Å²) in [5, 5.41) is 0.197. The minimum Gasteiger partial charge on any atom is -0.741 e. The number of benzene rings is 1. The summed E-state index contributed by atoms with van der Waals surface area (Å²) in [6.45, 7) is 0. The molecule has 2 aromatic rings. The summed E-state index contributed by atoms with van der Waals surface area (Å²) < 4.78 is 125. The normalized spacial score (nSPS) is 18.1. The Bertz CT molecular complexity index is 986. The second-order valence-electron chi connectivity index (χ2n) is 5.21. The third-order valence-electron chi connectivity index (χ3n) is 3.37. The molecule has 0 N–H and O–H groups in total. The zero-order valence-electron chi connectivity index (χ0n) is 12.7. The zero-order valence-corrected chi connectivity index (χ0v) is 14.4. The molecule has 1 aromatic heterocycles. The smallest absolute Gasteiger partial charge is 0.601 e. The summed E-state index contributed by atoms with van der Waals surface area (Å²) in [6, 6.07) is 3.23. The van der Waals surface area contributed by atoms with E-state index in [1.165, 1.54) is 6.08 Å². The molecule has 2 unspecified atom stereocenters. The van der Waals surface area contributed by atoms with Crippen LogP contribution in [0.3, 0.4) is 0 Å². The number of allylic oxidation sites excluding steroid dienone is 1. The van der Waals surface area contributed by atoms with Gasteiger partial charge in [-0.1, -0.05) is 0 Å². The van der Waals surface area contributed by atoms with Crippen LogP contribution in [-0.2, 0) is 22.0 Å². The third kappa shape index (κ3) is 4.58. The monoisotopic (exact) mass is 440 g/mol. The molecular weight excluding hydrogens is 432 g/mol. The van der Waals surface area contributed by atoms with Gasteiger partial charge in [0.1, 0.15) is 22.5 Å². The predicted octanol–water partition coefficient (Wildman–Crippen LogP) is 5.16. The van der Waals surface area contributed by atoms with Gasteiger partial charge in [-0.05, 0) is 24.3 Å². The molecule has 1 heterocycles. The van der Waals surface area contributed by atoms with Gasteiger partial charge in [-0.25, -0.2) is 17.2 Å². The second kappa shape index (κ2) is 7.02. The number of hydrogen-bond acceptors (Lipinski definition) is 3. The highest BCUT2D eigenvalue weighted by Gasteiger charge is 2.49. The van der Waals surface area contributed by atoms with Gasteiger partial charge in [-0.15, -0.1) is 13.2 Å². The third-order valence-corrected chi connectivity index (χ3v) is 6.02. The lowest BCUT2D eigenvalue weighted by atomic mass is 10.00. The molecular formula is C14H8F8O3S2. The molecule has 0 spiro atoms. The summed E-state index contributed by atoms with van der Waals surface area (Å²) >= 11 is 0. The van der Waals surface area contributed by atoms with Gasteiger partial charge in [-0.2, -0.15) is 13.2 Å². The Morgan fingerprint density at radius 2 is 1.67 bits per heavy atom. The van der Waals surface area contributed by atoms with E-state index in [-0.39, 0.29) is 26.9 Å². The van der Waals surface area contributed by atoms with Gasteiger partial charge < -0.3 is 4.55 Å². The molecule has 27 heavy (non-hydrogen) atoms. The first-order chi connectivity index (χ1) is 12.1. The van der Waals surface area contributed by atoms with Gasteiger partial charge in [0.2, 0.25) is 0 Å². The van der Waals surface area contributed by atoms with Crippen LogP contribution in [-0.4, -0.2) is 24.7 Å². The molecule has 0 saturated heterocycles. The number of hydrogen-bond donors (Lipinski definition) is 0. The molecule has 0 amide bonds. The Balaban J connectivity index is 0.000000279. The van der Waals surface area contributed by atoms with Crippen LogP contribution in [0.5, 0.6) is 0 Å². The molecule has 2 atom stereocenters. The Labute approximate surface area is 149 Å². The van der Waals surface area contributed by atoms with Gasteiger partial charge in [0.05, 0.1) is 0 Å². The van der Waals surface area contributed by atoms with Crippen molar-refractivity contribution in [3.05, 3.63) is 40.5 Å². The topological polar surface area (TPSA) is 57.2 Å². The van der Waals surface area contributed by atoms with Crippen molar-refractivity contribution in [3.8, 4) is 0 Å². The number of alkyl halides is 7. The maximum atomic E-state index is 13.3. The maximum Gasteiger partial charge on any atom is 0.601 e. The molecule has 150 valence electrons. The zero-order chi connectivity index (χ0) is 20.8. The van der Waals surface area contributed by atoms with Crippen LogP contribution in [0.1, 0.15) is 10.4 Å². The predicted molar refractivity (Wildman–Crippen MR) is 81.1 cm³/mol. The van der Waals surface area contributed by atoms with E-state index in [9.17, 15) is 35.1 Å². The van der Waals surface area contributed by atoms with Crippen molar-refractivity contribution in [1.82, 2.24) is 0 Å². The molecule has 0 saturated carbocycles. The molecule has 13 heteroatoms. The SMILES string of the molecule is Fc1ccc2c(c1)c1c([s+]2C(F)(F)F)C=CC(F)C1.O=S(=O)([O-])C(F)(F)F. The molecule has 1 aliphatic carbocycles. The number of halogens is 8. The lowest BCUT2D eigenvalue weighted by Gasteiger charge is -2.08. The van der Waals surface area contributed by atoms with E-state index in [2.05, 4.69) is 0 Å². The summed E-state index contributed by atoms with van der Waals surface area (Å²) in [7, 11) is -8.19. The fourth-order valence-corrected chi connectivity index (χ4v) is 4.37. The van der Waals surface area contributed by atoms with E-state index in [0.717, 1.165) is 24.3 Å². The maximum absolute atomic E-state index is 13.3. The lowest BCUT2D eigenvalue weighted by Crippen LogP contribution is -2.21. The second-order valence-corrected chi connectivity index (χ2v) is 8.54. The van der Waals surface area contributed by atoms with E-state index >= 15 is 0 Å². The van der Waals surface area contributed by atoms with Crippen molar-refractivity contribution in [2.75, 3.05) is 0 Å². The van der Waals surface area contributed by atoms with E-state index in [1.807, 2.05) is 0 Å². The van der Waals surface area contributed by atoms with E-state index in [4.69, 9.17) is 13.0 Å². The van der Waals surface area contributed by atoms with Crippen LogP contribution in [0.25, 0.3) is 16.2 Å². The van der Waals surface area contributed by atoms with Gasteiger partial charge in [-0.3, -0.25) is 0 Å². The highest BCUT2D eigenvalue weighted by Crippen LogP contribution is 2.54. The molecule has 0 radical (unpaired) electrons. The largest absolute Gasteiger partial charge is 0.741 e. The van der Waals surface area contributed by atoms with Crippen LogP contribution < -0.4 is 0 Å². The minimum atomic E-state index is -6.09. The highest BCUT2D eigenvalue weighted by molar-refractivity contribution is 7.86. The number of fused-ring (bicyclic) bond motifs is 3. The van der Waals surface area contributed by atoms with Crippen molar-refractivity contribution in [1.29, 1.82) is 0 Å². The quantitative estimate of drug-likeness (QED) is 0.246. The van der Waals surface area contributed by atoms with Crippen LogP contribution in [0.2, 0.25) is 0 Å². The summed E-state index contributed by atoms with van der Waals surface area (Å²) in [6.07, 6.45) is 0.888. The Morgan fingerprint density at radius 3 is 2.15 bits per heavy atom. The lowest BCUT2D eigenvalue weighted by molar-refractivity contribution is -0.0866. The highest BCUT2D eigenvalue weighted by atomic mass is 32.2. The minimum absolute atomic E-state index is 0.0395. The standard InChI is InChI=1S/C13H8F5S.CHF3O3S/c14-7-1-3-11-9(5-7)10-6-8(15)2-4-12(10)19(11)13(16,17)18;2-1(3,4)8(5,6)7/h1-5,8H,6H2;(H,5,6,7)/q+1;/p-1. The van der Waals surface area contributed by atoms with Crippen molar-refractivity contribution >= 4 is 36.8 Å². The Kier molecular flexibility index (Phi) is 5.61. The average molecular weight is 440 g/mol. The fourth-order valence-electron chi connectivity index (χ4n) is 2.37. The van der Waals surface area contributed by atoms with E-state index < -0.39 is 43.6 Å². The van der Waals surface area contributed by atoms with Gasteiger partial charge in [0.25, 0.3) is 0 Å². The van der Waals surface area contributed by atoms with Crippen molar-refractivity contribution in [2.45, 2.75) is 23.6 Å². The van der Waals surface area contributed by atoms with Gasteiger partial charge in [0, 0.05) is 23.4 Å². The van der Waals surface area contributed by atoms with Crippen molar-refractivity contribution in [3.63, 3.8) is 0 Å². The number of rotatable bonds is 0. The first kappa shape index (κ1) is 21.6. The molecule has 3 nitrogen and oxygen atoms in total. The molecule has 1 aromatic carbocycles. The average Bonchev–Trinajstić information content (AvgIpc) is 2.79. The molecule has 0 aliphatic heterocycles. The first-order valence-corrected chi connectivity index (χ1v) is 9.45. The molecule has 0 fully saturated rings.